The fourth-order valence-corrected chi connectivity index (χ4v) is 2.70. The fraction of sp³-hybridized carbons (Fsp3) is 0.167. The minimum atomic E-state index is -0.234. The zero-order chi connectivity index (χ0) is 19.3. The van der Waals surface area contributed by atoms with Crippen molar-refractivity contribution in [1.29, 1.82) is 0 Å². The van der Waals surface area contributed by atoms with Gasteiger partial charge in [-0.05, 0) is 51.9 Å². The molecule has 2 aromatic carbocycles. The highest BCUT2D eigenvalue weighted by Crippen LogP contribution is 2.21. The number of carbonyl (C=O) groups excluding carboxylic acids is 1. The molecule has 1 N–H and O–H groups in total. The summed E-state index contributed by atoms with van der Waals surface area (Å²) in [5.74, 6) is 0.146. The Hall–Kier alpha value is -3.95. The molecule has 0 aliphatic heterocycles. The van der Waals surface area contributed by atoms with E-state index in [1.54, 1.807) is 0 Å². The highest BCUT2D eigenvalue weighted by atomic mass is 16.2. The van der Waals surface area contributed by atoms with Crippen LogP contribution in [0.3, 0.4) is 0 Å². The molecule has 4 rings (SSSR count). The molecule has 0 aliphatic carbocycles. The van der Waals surface area contributed by atoms with E-state index in [4.69, 9.17) is 0 Å². The van der Waals surface area contributed by atoms with Crippen LogP contribution in [0.15, 0.2) is 54.9 Å². The van der Waals surface area contributed by atoms with E-state index < -0.39 is 0 Å². The van der Waals surface area contributed by atoms with Gasteiger partial charge in [0.2, 0.25) is 11.7 Å². The lowest BCUT2D eigenvalue weighted by Gasteiger charge is -2.05. The number of para-hydroxylation sites is 1. The van der Waals surface area contributed by atoms with Crippen LogP contribution < -0.4 is 5.32 Å². The number of amides is 1. The molecule has 0 atom stereocenters. The summed E-state index contributed by atoms with van der Waals surface area (Å²) >= 11 is 0. The van der Waals surface area contributed by atoms with Crippen LogP contribution in [0.4, 0.5) is 5.69 Å². The number of hydrogen-bond acceptors (Lipinski definition) is 7. The number of nitrogens with one attached hydrogen (secondary N) is 1. The van der Waals surface area contributed by atoms with Gasteiger partial charge in [0, 0.05) is 11.3 Å². The first-order chi connectivity index (χ1) is 13.7. The predicted octanol–water partition coefficient (Wildman–Crippen LogP) is 1.52. The maximum Gasteiger partial charge on any atom is 0.248 e. The smallest absolute Gasteiger partial charge is 0.248 e. The normalized spacial score (nSPS) is 10.8. The molecular formula is C18H17N9O. The highest BCUT2D eigenvalue weighted by Gasteiger charge is 2.14. The second-order valence-corrected chi connectivity index (χ2v) is 6.01. The second kappa shape index (κ2) is 7.74. The van der Waals surface area contributed by atoms with Crippen molar-refractivity contribution < 1.29 is 4.79 Å². The van der Waals surface area contributed by atoms with Gasteiger partial charge in [-0.1, -0.05) is 31.2 Å². The van der Waals surface area contributed by atoms with Crippen molar-refractivity contribution in [3.05, 3.63) is 60.4 Å². The van der Waals surface area contributed by atoms with Gasteiger partial charge >= 0.3 is 0 Å². The van der Waals surface area contributed by atoms with Crippen LogP contribution in [0.5, 0.6) is 0 Å². The number of nitrogens with zero attached hydrogens (tertiary/aromatic N) is 8. The second-order valence-electron chi connectivity index (χ2n) is 6.01. The first-order valence-electron chi connectivity index (χ1n) is 8.72. The average Bonchev–Trinajstić information content (AvgIpc) is 3.41. The number of anilines is 1. The summed E-state index contributed by atoms with van der Waals surface area (Å²) in [4.78, 5) is 13.5. The van der Waals surface area contributed by atoms with Crippen LogP contribution in [0.2, 0.25) is 0 Å². The van der Waals surface area contributed by atoms with Gasteiger partial charge in [-0.25, -0.2) is 0 Å². The molecule has 140 valence electrons. The maximum absolute atomic E-state index is 12.3. The van der Waals surface area contributed by atoms with Gasteiger partial charge in [-0.2, -0.15) is 9.48 Å². The lowest BCUT2D eigenvalue weighted by atomic mass is 10.1. The van der Waals surface area contributed by atoms with Crippen LogP contribution in [0.25, 0.3) is 17.1 Å². The Kier molecular flexibility index (Phi) is 4.83. The van der Waals surface area contributed by atoms with Crippen molar-refractivity contribution in [3.63, 3.8) is 0 Å². The molecule has 1 amide bonds. The number of carbonyl (C=O) groups is 1. The molecule has 28 heavy (non-hydrogen) atoms. The molecule has 0 unspecified atom stereocenters. The van der Waals surface area contributed by atoms with Crippen molar-refractivity contribution >= 4 is 11.6 Å². The molecule has 0 aliphatic rings. The first kappa shape index (κ1) is 17.5. The van der Waals surface area contributed by atoms with Crippen LogP contribution in [0, 0.1) is 0 Å². The Balaban J connectivity index is 1.48. The Morgan fingerprint density at radius 3 is 2.64 bits per heavy atom. The van der Waals surface area contributed by atoms with Crippen molar-refractivity contribution in [3.8, 4) is 17.1 Å². The standard InChI is InChI=1S/C18H17N9O/c1-2-13-7-9-14(10-8-13)20-17(28)11-27-22-18(21-24-27)15-5-3-4-6-16(15)26-12-19-23-25-26/h3-10,12H,2,11H2,1H3,(H,20,28). The van der Waals surface area contributed by atoms with Crippen LogP contribution in [0.1, 0.15) is 12.5 Å². The summed E-state index contributed by atoms with van der Waals surface area (Å²) in [6.07, 6.45) is 2.44. The maximum atomic E-state index is 12.3. The molecule has 0 radical (unpaired) electrons. The Morgan fingerprint density at radius 1 is 1.07 bits per heavy atom. The molecule has 0 spiro atoms. The van der Waals surface area contributed by atoms with Crippen molar-refractivity contribution in [1.82, 2.24) is 40.4 Å². The number of benzene rings is 2. The van der Waals surface area contributed by atoms with E-state index in [2.05, 4.69) is 43.2 Å². The lowest BCUT2D eigenvalue weighted by Crippen LogP contribution is -2.20. The summed E-state index contributed by atoms with van der Waals surface area (Å²) in [6, 6.07) is 15.1. The van der Waals surface area contributed by atoms with Gasteiger partial charge in [-0.15, -0.1) is 15.3 Å². The minimum Gasteiger partial charge on any atom is -0.324 e. The summed E-state index contributed by atoms with van der Waals surface area (Å²) in [7, 11) is 0. The van der Waals surface area contributed by atoms with E-state index in [1.807, 2.05) is 48.5 Å². The van der Waals surface area contributed by atoms with Crippen molar-refractivity contribution in [2.24, 2.45) is 0 Å². The van der Waals surface area contributed by atoms with E-state index in [1.165, 1.54) is 21.4 Å². The number of hydrogen-bond donors (Lipinski definition) is 1. The third-order valence-corrected chi connectivity index (χ3v) is 4.12. The topological polar surface area (TPSA) is 116 Å². The molecule has 10 nitrogen and oxygen atoms in total. The van der Waals surface area contributed by atoms with E-state index in [-0.39, 0.29) is 12.5 Å². The van der Waals surface area contributed by atoms with E-state index in [9.17, 15) is 4.79 Å². The van der Waals surface area contributed by atoms with Gasteiger partial charge in [0.15, 0.2) is 0 Å². The molecule has 0 bridgehead atoms. The Bertz CT molecular complexity index is 1070. The van der Waals surface area contributed by atoms with Gasteiger partial charge in [-0.3, -0.25) is 4.79 Å². The van der Waals surface area contributed by atoms with Gasteiger partial charge in [0.1, 0.15) is 12.9 Å². The van der Waals surface area contributed by atoms with Crippen molar-refractivity contribution in [2.75, 3.05) is 5.32 Å². The van der Waals surface area contributed by atoms with Crippen molar-refractivity contribution in [2.45, 2.75) is 19.9 Å². The lowest BCUT2D eigenvalue weighted by molar-refractivity contribution is -0.117. The number of aromatic nitrogens is 8. The molecule has 0 fully saturated rings. The Labute approximate surface area is 160 Å². The van der Waals surface area contributed by atoms with Crippen LogP contribution in [-0.2, 0) is 17.8 Å². The van der Waals surface area contributed by atoms with Gasteiger partial charge in [0.25, 0.3) is 0 Å². The summed E-state index contributed by atoms with van der Waals surface area (Å²) in [5, 5.41) is 26.4. The Morgan fingerprint density at radius 2 is 1.89 bits per heavy atom. The molecule has 2 heterocycles. The number of tetrazole rings is 2. The zero-order valence-electron chi connectivity index (χ0n) is 15.1. The molecule has 10 heteroatoms. The third-order valence-electron chi connectivity index (χ3n) is 4.12. The van der Waals surface area contributed by atoms with E-state index in [0.717, 1.165) is 12.1 Å². The molecule has 0 saturated heterocycles. The monoisotopic (exact) mass is 375 g/mol. The number of rotatable bonds is 6. The quantitative estimate of drug-likeness (QED) is 0.543. The molecular weight excluding hydrogens is 358 g/mol. The zero-order valence-corrected chi connectivity index (χ0v) is 15.1. The largest absolute Gasteiger partial charge is 0.324 e. The third kappa shape index (κ3) is 3.75. The first-order valence-corrected chi connectivity index (χ1v) is 8.72. The van der Waals surface area contributed by atoms with E-state index >= 15 is 0 Å². The summed E-state index contributed by atoms with van der Waals surface area (Å²) < 4.78 is 1.52. The van der Waals surface area contributed by atoms with Gasteiger partial charge < -0.3 is 5.32 Å². The minimum absolute atomic E-state index is 0.0461. The molecule has 4 aromatic rings. The molecule has 2 aromatic heterocycles. The number of aryl methyl sites for hydroxylation is 1. The van der Waals surface area contributed by atoms with Crippen LogP contribution in [-0.4, -0.2) is 46.3 Å². The van der Waals surface area contributed by atoms with Gasteiger partial charge in [0.05, 0.1) is 5.69 Å². The molecule has 0 saturated carbocycles. The summed E-state index contributed by atoms with van der Waals surface area (Å²) in [5.41, 5.74) is 3.36. The fourth-order valence-electron chi connectivity index (χ4n) is 2.70. The van der Waals surface area contributed by atoms with E-state index in [0.29, 0.717) is 17.1 Å². The highest BCUT2D eigenvalue weighted by molar-refractivity contribution is 5.90. The summed E-state index contributed by atoms with van der Waals surface area (Å²) in [6.45, 7) is 2.04. The average molecular weight is 375 g/mol. The SMILES string of the molecule is CCc1ccc(NC(=O)Cn2nnc(-c3ccccc3-n3cnnn3)n2)cc1. The predicted molar refractivity (Wildman–Crippen MR) is 100 cm³/mol. The van der Waals surface area contributed by atoms with Crippen LogP contribution >= 0.6 is 0 Å².